The van der Waals surface area contributed by atoms with E-state index < -0.39 is 0 Å². The quantitative estimate of drug-likeness (QED) is 0.575. The second kappa shape index (κ2) is 8.47. The molecule has 0 fully saturated rings. The first-order valence-electron chi connectivity index (χ1n) is 8.74. The molecule has 0 heterocycles. The molecule has 1 rings (SSSR count). The highest BCUT2D eigenvalue weighted by atomic mass is 19.1. The molecule has 0 saturated heterocycles. The van der Waals surface area contributed by atoms with Crippen LogP contribution in [0.1, 0.15) is 72.3 Å². The van der Waals surface area contributed by atoms with Gasteiger partial charge in [0.15, 0.2) is 0 Å². The van der Waals surface area contributed by atoms with Gasteiger partial charge < -0.3 is 4.90 Å². The average Bonchev–Trinajstić information content (AvgIpc) is 2.41. The van der Waals surface area contributed by atoms with Crippen LogP contribution in [0.15, 0.2) is 18.2 Å². The van der Waals surface area contributed by atoms with Gasteiger partial charge in [0.2, 0.25) is 5.91 Å². The van der Waals surface area contributed by atoms with E-state index in [0.717, 1.165) is 24.9 Å². The highest BCUT2D eigenvalue weighted by Gasteiger charge is 2.26. The fourth-order valence-electron chi connectivity index (χ4n) is 2.78. The Kier molecular flexibility index (Phi) is 7.24. The second-order valence-electron chi connectivity index (χ2n) is 7.78. The third kappa shape index (κ3) is 6.32. The van der Waals surface area contributed by atoms with Crippen molar-refractivity contribution in [3.8, 4) is 0 Å². The van der Waals surface area contributed by atoms with E-state index in [1.807, 2.05) is 4.90 Å². The number of anilines is 1. The zero-order valence-electron chi connectivity index (χ0n) is 15.6. The van der Waals surface area contributed by atoms with Crippen molar-refractivity contribution in [2.45, 2.75) is 79.7 Å². The second-order valence-corrected chi connectivity index (χ2v) is 7.78. The Balaban J connectivity index is 3.04. The van der Waals surface area contributed by atoms with Gasteiger partial charge in [-0.15, -0.1) is 0 Å². The largest absolute Gasteiger partial charge is 0.310 e. The Labute approximate surface area is 141 Å². The topological polar surface area (TPSA) is 20.3 Å². The number of benzene rings is 1. The van der Waals surface area contributed by atoms with Crippen molar-refractivity contribution in [2.75, 3.05) is 4.90 Å². The molecule has 0 aliphatic rings. The maximum atomic E-state index is 13.6. The molecule has 0 spiro atoms. The number of hydrogen-bond donors (Lipinski definition) is 0. The Bertz CT molecular complexity index is 519. The third-order valence-corrected chi connectivity index (χ3v) is 4.04. The van der Waals surface area contributed by atoms with Crippen molar-refractivity contribution in [3.05, 3.63) is 29.6 Å². The number of rotatable bonds is 7. The number of halogens is 1. The van der Waals surface area contributed by atoms with E-state index in [1.54, 1.807) is 19.1 Å². The molecular formula is C20H32FNO. The van der Waals surface area contributed by atoms with E-state index in [1.165, 1.54) is 12.5 Å². The van der Waals surface area contributed by atoms with Crippen LogP contribution in [0.4, 0.5) is 10.1 Å². The smallest absolute Gasteiger partial charge is 0.227 e. The maximum absolute atomic E-state index is 13.6. The lowest BCUT2D eigenvalue weighted by molar-refractivity contribution is -0.120. The van der Waals surface area contributed by atoms with Crippen molar-refractivity contribution < 1.29 is 9.18 Å². The van der Waals surface area contributed by atoms with Gasteiger partial charge in [0.05, 0.1) is 0 Å². The number of hydrogen-bond acceptors (Lipinski definition) is 1. The van der Waals surface area contributed by atoms with Crippen molar-refractivity contribution in [3.63, 3.8) is 0 Å². The number of amides is 1. The molecule has 2 nitrogen and oxygen atoms in total. The molecule has 0 aromatic heterocycles. The molecule has 3 heteroatoms. The first-order valence-corrected chi connectivity index (χ1v) is 8.74. The molecule has 0 aliphatic carbocycles. The Morgan fingerprint density at radius 2 is 1.91 bits per heavy atom. The molecule has 130 valence electrons. The molecule has 0 bridgehead atoms. The summed E-state index contributed by atoms with van der Waals surface area (Å²) in [6, 6.07) is 5.09. The molecular weight excluding hydrogens is 289 g/mol. The third-order valence-electron chi connectivity index (χ3n) is 4.04. The minimum Gasteiger partial charge on any atom is -0.310 e. The summed E-state index contributed by atoms with van der Waals surface area (Å²) < 4.78 is 13.6. The van der Waals surface area contributed by atoms with Crippen molar-refractivity contribution in [1.29, 1.82) is 0 Å². The SMILES string of the molecule is CCCCCC(C)N(C(=O)CC(C)(C)C)c1ccc(F)c(C)c1. The van der Waals surface area contributed by atoms with Crippen LogP contribution in [0.2, 0.25) is 0 Å². The normalized spacial score (nSPS) is 13.0. The van der Waals surface area contributed by atoms with Crippen LogP contribution < -0.4 is 4.90 Å². The number of unbranched alkanes of at least 4 members (excludes halogenated alkanes) is 2. The van der Waals surface area contributed by atoms with E-state index in [2.05, 4.69) is 34.6 Å². The monoisotopic (exact) mass is 321 g/mol. The lowest BCUT2D eigenvalue weighted by Crippen LogP contribution is -2.40. The highest BCUT2D eigenvalue weighted by molar-refractivity contribution is 5.94. The molecule has 0 N–H and O–H groups in total. The van der Waals surface area contributed by atoms with Crippen LogP contribution in [0, 0.1) is 18.2 Å². The van der Waals surface area contributed by atoms with Gasteiger partial charge in [0.1, 0.15) is 5.82 Å². The van der Waals surface area contributed by atoms with Gasteiger partial charge in [0.25, 0.3) is 0 Å². The van der Waals surface area contributed by atoms with E-state index in [-0.39, 0.29) is 23.2 Å². The summed E-state index contributed by atoms with van der Waals surface area (Å²) >= 11 is 0. The highest BCUT2D eigenvalue weighted by Crippen LogP contribution is 2.27. The van der Waals surface area contributed by atoms with Gasteiger partial charge >= 0.3 is 0 Å². The summed E-state index contributed by atoms with van der Waals surface area (Å²) in [6.45, 7) is 12.2. The molecule has 23 heavy (non-hydrogen) atoms. The van der Waals surface area contributed by atoms with Gasteiger partial charge in [-0.05, 0) is 49.4 Å². The lowest BCUT2D eigenvalue weighted by Gasteiger charge is -2.32. The van der Waals surface area contributed by atoms with Gasteiger partial charge in [-0.2, -0.15) is 0 Å². The van der Waals surface area contributed by atoms with Crippen LogP contribution in [-0.4, -0.2) is 11.9 Å². The van der Waals surface area contributed by atoms with Crippen molar-refractivity contribution in [2.24, 2.45) is 5.41 Å². The number of aryl methyl sites for hydroxylation is 1. The molecule has 1 aromatic carbocycles. The molecule has 0 aliphatic heterocycles. The van der Waals surface area contributed by atoms with Crippen LogP contribution >= 0.6 is 0 Å². The summed E-state index contributed by atoms with van der Waals surface area (Å²) in [5, 5.41) is 0. The van der Waals surface area contributed by atoms with Crippen LogP contribution in [0.5, 0.6) is 0 Å². The zero-order chi connectivity index (χ0) is 17.6. The predicted octanol–water partition coefficient (Wildman–Crippen LogP) is 5.87. The fraction of sp³-hybridized carbons (Fsp3) is 0.650. The average molecular weight is 321 g/mol. The minimum atomic E-state index is -0.226. The number of nitrogens with zero attached hydrogens (tertiary/aromatic N) is 1. The van der Waals surface area contributed by atoms with Gasteiger partial charge in [0, 0.05) is 18.2 Å². The van der Waals surface area contributed by atoms with Crippen molar-refractivity contribution >= 4 is 11.6 Å². The van der Waals surface area contributed by atoms with Crippen LogP contribution in [0.3, 0.4) is 0 Å². The fourth-order valence-corrected chi connectivity index (χ4v) is 2.78. The molecule has 0 radical (unpaired) electrons. The summed E-state index contributed by atoms with van der Waals surface area (Å²) in [6.07, 6.45) is 4.91. The number of carbonyl (C=O) groups is 1. The standard InChI is InChI=1S/C20H32FNO/c1-7-8-9-10-16(3)22(19(23)14-20(4,5)6)17-11-12-18(21)15(2)13-17/h11-13,16H,7-10,14H2,1-6H3. The minimum absolute atomic E-state index is 0.0620. The summed E-state index contributed by atoms with van der Waals surface area (Å²) in [5.74, 6) is -0.108. The van der Waals surface area contributed by atoms with Gasteiger partial charge in [-0.25, -0.2) is 4.39 Å². The lowest BCUT2D eigenvalue weighted by atomic mass is 9.91. The van der Waals surface area contributed by atoms with E-state index in [4.69, 9.17) is 0 Å². The van der Waals surface area contributed by atoms with E-state index >= 15 is 0 Å². The Morgan fingerprint density at radius 3 is 2.43 bits per heavy atom. The summed E-state index contributed by atoms with van der Waals surface area (Å²) in [4.78, 5) is 14.7. The molecule has 1 unspecified atom stereocenters. The van der Waals surface area contributed by atoms with Gasteiger partial charge in [-0.3, -0.25) is 4.79 Å². The summed E-state index contributed by atoms with van der Waals surface area (Å²) in [7, 11) is 0. The Morgan fingerprint density at radius 1 is 1.26 bits per heavy atom. The summed E-state index contributed by atoms with van der Waals surface area (Å²) in [5.41, 5.74) is 1.33. The molecule has 1 atom stereocenters. The van der Waals surface area contributed by atoms with Gasteiger partial charge in [-0.1, -0.05) is 47.0 Å². The molecule has 0 saturated carbocycles. The molecule has 1 amide bonds. The van der Waals surface area contributed by atoms with E-state index in [0.29, 0.717) is 12.0 Å². The number of carbonyl (C=O) groups excluding carboxylic acids is 1. The van der Waals surface area contributed by atoms with Crippen LogP contribution in [-0.2, 0) is 4.79 Å². The van der Waals surface area contributed by atoms with Crippen LogP contribution in [0.25, 0.3) is 0 Å². The van der Waals surface area contributed by atoms with Crippen molar-refractivity contribution in [1.82, 2.24) is 0 Å². The Hall–Kier alpha value is -1.38. The van der Waals surface area contributed by atoms with E-state index in [9.17, 15) is 9.18 Å². The zero-order valence-corrected chi connectivity index (χ0v) is 15.6. The molecule has 1 aromatic rings. The first-order chi connectivity index (χ1) is 10.7. The maximum Gasteiger partial charge on any atom is 0.227 e. The predicted molar refractivity (Wildman–Crippen MR) is 96.3 cm³/mol. The first kappa shape index (κ1) is 19.7.